The van der Waals surface area contributed by atoms with Crippen molar-refractivity contribution < 1.29 is 28.0 Å². The SMILES string of the molecule is CCPC(CC)(CC)OSC1CC(OC(C)=O)CC(COC(C)=O)O1. The topological polar surface area (TPSA) is 71.1 Å². The number of carbonyl (C=O) groups is 2. The average molecular weight is 394 g/mol. The predicted molar refractivity (Wildman–Crippen MR) is 101 cm³/mol. The van der Waals surface area contributed by atoms with Crippen molar-refractivity contribution in [3.63, 3.8) is 0 Å². The smallest absolute Gasteiger partial charge is 0.302 e. The molecule has 1 heterocycles. The van der Waals surface area contributed by atoms with Crippen LogP contribution in [-0.4, -0.2) is 47.7 Å². The summed E-state index contributed by atoms with van der Waals surface area (Å²) in [6, 6.07) is 0. The molecule has 0 aliphatic carbocycles. The number of hydrogen-bond donors (Lipinski definition) is 0. The Morgan fingerprint density at radius 1 is 1.16 bits per heavy atom. The van der Waals surface area contributed by atoms with E-state index in [2.05, 4.69) is 20.8 Å². The van der Waals surface area contributed by atoms with E-state index in [4.69, 9.17) is 18.4 Å². The van der Waals surface area contributed by atoms with E-state index < -0.39 is 0 Å². The molecule has 146 valence electrons. The summed E-state index contributed by atoms with van der Waals surface area (Å²) in [5, 5.41) is -0.136. The zero-order valence-corrected chi connectivity index (χ0v) is 17.6. The Kier molecular flexibility index (Phi) is 10.3. The molecule has 0 aromatic rings. The van der Waals surface area contributed by atoms with Crippen molar-refractivity contribution in [3.8, 4) is 0 Å². The van der Waals surface area contributed by atoms with E-state index >= 15 is 0 Å². The van der Waals surface area contributed by atoms with E-state index in [1.54, 1.807) is 0 Å². The summed E-state index contributed by atoms with van der Waals surface area (Å²) < 4.78 is 22.6. The first-order chi connectivity index (χ1) is 11.8. The summed E-state index contributed by atoms with van der Waals surface area (Å²) in [5.41, 5.74) is -0.252. The predicted octanol–water partition coefficient (Wildman–Crippen LogP) is 3.87. The van der Waals surface area contributed by atoms with Crippen molar-refractivity contribution in [3.05, 3.63) is 0 Å². The molecular formula is C17H31O6PS. The highest BCUT2D eigenvalue weighted by Crippen LogP contribution is 2.44. The third-order valence-electron chi connectivity index (χ3n) is 4.09. The van der Waals surface area contributed by atoms with Crippen LogP contribution >= 0.6 is 20.6 Å². The molecule has 0 saturated carbocycles. The molecule has 25 heavy (non-hydrogen) atoms. The van der Waals surface area contributed by atoms with Crippen LogP contribution in [0.5, 0.6) is 0 Å². The summed E-state index contributed by atoms with van der Waals surface area (Å²) in [5.74, 6) is -0.662. The van der Waals surface area contributed by atoms with E-state index in [1.807, 2.05) is 0 Å². The molecule has 6 nitrogen and oxygen atoms in total. The Labute approximate surface area is 157 Å². The molecule has 0 bridgehead atoms. The van der Waals surface area contributed by atoms with Crippen molar-refractivity contribution in [2.24, 2.45) is 0 Å². The van der Waals surface area contributed by atoms with E-state index in [1.165, 1.54) is 25.9 Å². The largest absolute Gasteiger partial charge is 0.463 e. The van der Waals surface area contributed by atoms with Crippen molar-refractivity contribution in [2.45, 2.75) is 83.3 Å². The highest BCUT2D eigenvalue weighted by Gasteiger charge is 2.35. The maximum absolute atomic E-state index is 11.3. The molecule has 1 rings (SSSR count). The maximum atomic E-state index is 11.3. The van der Waals surface area contributed by atoms with Crippen LogP contribution in [0.2, 0.25) is 0 Å². The molecule has 0 amide bonds. The first-order valence-electron chi connectivity index (χ1n) is 8.89. The Hall–Kier alpha value is -0.360. The van der Waals surface area contributed by atoms with Gasteiger partial charge in [0.2, 0.25) is 0 Å². The molecule has 4 atom stereocenters. The minimum absolute atomic E-state index is 0.136. The van der Waals surface area contributed by atoms with Crippen LogP contribution in [0.15, 0.2) is 0 Å². The Morgan fingerprint density at radius 3 is 2.36 bits per heavy atom. The number of hydrogen-bond acceptors (Lipinski definition) is 7. The fourth-order valence-electron chi connectivity index (χ4n) is 2.76. The first-order valence-corrected chi connectivity index (χ1v) is 10.9. The molecule has 0 spiro atoms. The molecule has 1 aliphatic rings. The van der Waals surface area contributed by atoms with Crippen LogP contribution < -0.4 is 0 Å². The summed E-state index contributed by atoms with van der Waals surface area (Å²) >= 11 is 1.32. The monoisotopic (exact) mass is 394 g/mol. The summed E-state index contributed by atoms with van der Waals surface area (Å²) in [6.07, 6.45) is 3.51. The zero-order chi connectivity index (χ0) is 18.9. The van der Waals surface area contributed by atoms with Gasteiger partial charge in [-0.2, -0.15) is 0 Å². The maximum Gasteiger partial charge on any atom is 0.302 e. The number of ether oxygens (including phenoxy) is 3. The summed E-state index contributed by atoms with van der Waals surface area (Å²) in [6.45, 7) is 9.36. The van der Waals surface area contributed by atoms with Crippen molar-refractivity contribution in [1.29, 1.82) is 0 Å². The Morgan fingerprint density at radius 2 is 1.84 bits per heavy atom. The molecule has 0 N–H and O–H groups in total. The Balaban J connectivity index is 2.67. The van der Waals surface area contributed by atoms with Gasteiger partial charge in [-0.1, -0.05) is 29.4 Å². The van der Waals surface area contributed by atoms with Crippen LogP contribution in [0, 0.1) is 0 Å². The van der Waals surface area contributed by atoms with Gasteiger partial charge in [-0.25, -0.2) is 0 Å². The Bertz CT molecular complexity index is 429. The number of carbonyl (C=O) groups excluding carboxylic acids is 2. The van der Waals surface area contributed by atoms with Crippen LogP contribution in [0.4, 0.5) is 0 Å². The highest BCUT2D eigenvalue weighted by atomic mass is 32.2. The van der Waals surface area contributed by atoms with Gasteiger partial charge in [-0.05, 0) is 19.0 Å². The molecule has 4 unspecified atom stereocenters. The van der Waals surface area contributed by atoms with E-state index in [9.17, 15) is 9.59 Å². The zero-order valence-electron chi connectivity index (χ0n) is 15.8. The lowest BCUT2D eigenvalue weighted by Crippen LogP contribution is -2.39. The van der Waals surface area contributed by atoms with Gasteiger partial charge in [0.1, 0.15) is 18.1 Å². The van der Waals surface area contributed by atoms with Gasteiger partial charge in [0.25, 0.3) is 0 Å². The van der Waals surface area contributed by atoms with Crippen LogP contribution in [0.1, 0.15) is 60.3 Å². The fraction of sp³-hybridized carbons (Fsp3) is 0.882. The molecule has 0 aromatic heterocycles. The van der Waals surface area contributed by atoms with Gasteiger partial charge in [-0.3, -0.25) is 9.59 Å². The van der Waals surface area contributed by atoms with Gasteiger partial charge in [0, 0.05) is 38.7 Å². The minimum Gasteiger partial charge on any atom is -0.463 e. The van der Waals surface area contributed by atoms with Crippen molar-refractivity contribution >= 4 is 32.6 Å². The van der Waals surface area contributed by atoms with E-state index in [0.29, 0.717) is 12.8 Å². The molecule has 1 saturated heterocycles. The van der Waals surface area contributed by atoms with Gasteiger partial charge in [0.15, 0.2) is 0 Å². The third kappa shape index (κ3) is 8.25. The second kappa shape index (κ2) is 11.4. The first kappa shape index (κ1) is 22.7. The van der Waals surface area contributed by atoms with Gasteiger partial charge < -0.3 is 18.4 Å². The van der Waals surface area contributed by atoms with Gasteiger partial charge in [-0.15, -0.1) is 0 Å². The molecule has 0 aromatic carbocycles. The summed E-state index contributed by atoms with van der Waals surface area (Å²) in [7, 11) is 0.725. The lowest BCUT2D eigenvalue weighted by Gasteiger charge is -2.36. The van der Waals surface area contributed by atoms with Crippen LogP contribution in [-0.2, 0) is 28.0 Å². The van der Waals surface area contributed by atoms with Crippen molar-refractivity contribution in [2.75, 3.05) is 12.8 Å². The summed E-state index contributed by atoms with van der Waals surface area (Å²) in [4.78, 5) is 22.3. The highest BCUT2D eigenvalue weighted by molar-refractivity contribution is 7.95. The molecule has 1 aliphatic heterocycles. The molecular weight excluding hydrogens is 363 g/mol. The lowest BCUT2D eigenvalue weighted by molar-refractivity contribution is -0.162. The average Bonchev–Trinajstić information content (AvgIpc) is 2.56. The standard InChI is InChI=1S/C17H31O6PS/c1-6-17(7-2,24-8-3)23-25-16-10-14(21-13(5)19)9-15(22-16)11-20-12(4)18/h14-16,24H,6-11H2,1-5H3. The second-order valence-electron chi connectivity index (χ2n) is 6.10. The molecule has 8 heteroatoms. The van der Waals surface area contributed by atoms with E-state index in [-0.39, 0.29) is 41.5 Å². The van der Waals surface area contributed by atoms with Crippen molar-refractivity contribution in [1.82, 2.24) is 0 Å². The fourth-order valence-corrected chi connectivity index (χ4v) is 5.30. The minimum atomic E-state index is -0.348. The third-order valence-corrected chi connectivity index (χ3v) is 6.98. The number of rotatable bonds is 10. The van der Waals surface area contributed by atoms with Crippen LogP contribution in [0.3, 0.4) is 0 Å². The molecule has 0 radical (unpaired) electrons. The lowest BCUT2D eigenvalue weighted by atomic mass is 10.1. The van der Waals surface area contributed by atoms with E-state index in [0.717, 1.165) is 27.6 Å². The van der Waals surface area contributed by atoms with Gasteiger partial charge in [0.05, 0.1) is 11.4 Å². The quantitative estimate of drug-likeness (QED) is 0.316. The molecule has 1 fully saturated rings. The van der Waals surface area contributed by atoms with Gasteiger partial charge >= 0.3 is 11.9 Å². The normalized spacial score (nSPS) is 24.4. The number of esters is 2. The second-order valence-corrected chi connectivity index (χ2v) is 8.96. The van der Waals surface area contributed by atoms with Crippen LogP contribution in [0.25, 0.3) is 0 Å².